The first-order valence-corrected chi connectivity index (χ1v) is 8.78. The molecule has 2 N–H and O–H groups in total. The van der Waals surface area contributed by atoms with Crippen LogP contribution in [0, 0.1) is 5.41 Å². The summed E-state index contributed by atoms with van der Waals surface area (Å²) in [6.45, 7) is 11.6. The Kier molecular flexibility index (Phi) is 6.19. The highest BCUT2D eigenvalue weighted by Crippen LogP contribution is 2.35. The molecule has 2 unspecified atom stereocenters. The number of nitrogens with zero attached hydrogens (tertiary/aromatic N) is 2. The van der Waals surface area contributed by atoms with Crippen LogP contribution in [-0.4, -0.2) is 28.0 Å². The lowest BCUT2D eigenvalue weighted by Gasteiger charge is -2.34. The summed E-state index contributed by atoms with van der Waals surface area (Å²) in [7, 11) is 0. The Morgan fingerprint density at radius 2 is 1.79 bits per heavy atom. The van der Waals surface area contributed by atoms with Gasteiger partial charge < -0.3 is 10.4 Å². The molecule has 0 aliphatic heterocycles. The molecule has 0 radical (unpaired) electrons. The SMILES string of the molecule is CC(NCC(c1ccccc1)C(C)(C)CO)c1cnn(C(C)C)c1. The van der Waals surface area contributed by atoms with Gasteiger partial charge in [-0.05, 0) is 31.7 Å². The zero-order chi connectivity index (χ0) is 17.7. The fourth-order valence-electron chi connectivity index (χ4n) is 2.91. The molecule has 2 aromatic rings. The van der Waals surface area contributed by atoms with Crippen molar-refractivity contribution in [2.75, 3.05) is 13.2 Å². The van der Waals surface area contributed by atoms with Gasteiger partial charge in [-0.3, -0.25) is 4.68 Å². The Balaban J connectivity index is 2.09. The highest BCUT2D eigenvalue weighted by Gasteiger charge is 2.30. The highest BCUT2D eigenvalue weighted by molar-refractivity contribution is 5.22. The summed E-state index contributed by atoms with van der Waals surface area (Å²) >= 11 is 0. The molecule has 0 saturated heterocycles. The van der Waals surface area contributed by atoms with Crippen LogP contribution in [0.1, 0.15) is 63.7 Å². The average Bonchev–Trinajstić information content (AvgIpc) is 3.06. The van der Waals surface area contributed by atoms with Crippen LogP contribution in [0.5, 0.6) is 0 Å². The summed E-state index contributed by atoms with van der Waals surface area (Å²) in [5, 5.41) is 17.9. The van der Waals surface area contributed by atoms with Crippen molar-refractivity contribution in [3.63, 3.8) is 0 Å². The fourth-order valence-corrected chi connectivity index (χ4v) is 2.91. The molecule has 0 aliphatic rings. The molecule has 24 heavy (non-hydrogen) atoms. The maximum absolute atomic E-state index is 9.83. The van der Waals surface area contributed by atoms with E-state index in [9.17, 15) is 5.11 Å². The molecule has 0 aliphatic carbocycles. The van der Waals surface area contributed by atoms with Crippen LogP contribution >= 0.6 is 0 Å². The molecular weight excluding hydrogens is 298 g/mol. The van der Waals surface area contributed by atoms with Crippen LogP contribution in [0.3, 0.4) is 0 Å². The molecule has 0 amide bonds. The third-order valence-corrected chi connectivity index (χ3v) is 4.83. The summed E-state index contributed by atoms with van der Waals surface area (Å²) in [6.07, 6.45) is 4.05. The monoisotopic (exact) mass is 329 g/mol. The maximum atomic E-state index is 9.83. The first-order valence-electron chi connectivity index (χ1n) is 8.78. The molecule has 0 spiro atoms. The van der Waals surface area contributed by atoms with Crippen LogP contribution in [0.15, 0.2) is 42.7 Å². The minimum atomic E-state index is -0.184. The molecule has 1 heterocycles. The summed E-state index contributed by atoms with van der Waals surface area (Å²) in [4.78, 5) is 0. The van der Waals surface area contributed by atoms with Gasteiger partial charge in [0.15, 0.2) is 0 Å². The van der Waals surface area contributed by atoms with E-state index in [0.717, 1.165) is 6.54 Å². The van der Waals surface area contributed by atoms with Crippen molar-refractivity contribution < 1.29 is 5.11 Å². The standard InChI is InChI=1S/C20H31N3O/c1-15(2)23-13-18(11-22-23)16(3)21-12-19(20(4,5)14-24)17-9-7-6-8-10-17/h6-11,13,15-16,19,21,24H,12,14H2,1-5H3. The van der Waals surface area contributed by atoms with Crippen molar-refractivity contribution in [3.05, 3.63) is 53.9 Å². The molecule has 0 fully saturated rings. The topological polar surface area (TPSA) is 50.1 Å². The van der Waals surface area contributed by atoms with Gasteiger partial charge in [-0.25, -0.2) is 0 Å². The van der Waals surface area contributed by atoms with Crippen LogP contribution in [0.2, 0.25) is 0 Å². The van der Waals surface area contributed by atoms with Gasteiger partial charge in [0, 0.05) is 42.9 Å². The largest absolute Gasteiger partial charge is 0.396 e. The minimum absolute atomic E-state index is 0.161. The summed E-state index contributed by atoms with van der Waals surface area (Å²) in [5.41, 5.74) is 2.27. The van der Waals surface area contributed by atoms with Gasteiger partial charge in [0.05, 0.1) is 6.20 Å². The van der Waals surface area contributed by atoms with Crippen molar-refractivity contribution in [1.82, 2.24) is 15.1 Å². The quantitative estimate of drug-likeness (QED) is 0.772. The van der Waals surface area contributed by atoms with E-state index in [2.05, 4.69) is 75.5 Å². The lowest BCUT2D eigenvalue weighted by molar-refractivity contribution is 0.128. The number of aliphatic hydroxyl groups excluding tert-OH is 1. The van der Waals surface area contributed by atoms with Gasteiger partial charge in [0.1, 0.15) is 0 Å². The molecule has 2 atom stereocenters. The van der Waals surface area contributed by atoms with Crippen LogP contribution < -0.4 is 5.32 Å². The van der Waals surface area contributed by atoms with Crippen LogP contribution in [0.25, 0.3) is 0 Å². The number of aromatic nitrogens is 2. The van der Waals surface area contributed by atoms with E-state index >= 15 is 0 Å². The molecule has 0 saturated carbocycles. The molecular formula is C20H31N3O. The lowest BCUT2D eigenvalue weighted by atomic mass is 9.75. The Labute approximate surface area is 145 Å². The van der Waals surface area contributed by atoms with Crippen LogP contribution in [0.4, 0.5) is 0 Å². The lowest BCUT2D eigenvalue weighted by Crippen LogP contribution is -2.35. The Morgan fingerprint density at radius 3 is 2.33 bits per heavy atom. The van der Waals surface area contributed by atoms with Crippen LogP contribution in [-0.2, 0) is 0 Å². The third-order valence-electron chi connectivity index (χ3n) is 4.83. The van der Waals surface area contributed by atoms with Gasteiger partial charge >= 0.3 is 0 Å². The summed E-state index contributed by atoms with van der Waals surface area (Å²) in [5.74, 6) is 0.242. The van der Waals surface area contributed by atoms with Crippen molar-refractivity contribution in [3.8, 4) is 0 Å². The average molecular weight is 329 g/mol. The number of rotatable bonds is 8. The third kappa shape index (κ3) is 4.46. The second-order valence-electron chi connectivity index (χ2n) is 7.59. The maximum Gasteiger partial charge on any atom is 0.0537 e. The first kappa shape index (κ1) is 18.7. The van der Waals surface area contributed by atoms with E-state index < -0.39 is 0 Å². The number of aliphatic hydroxyl groups is 1. The van der Waals surface area contributed by atoms with Gasteiger partial charge in [0.2, 0.25) is 0 Å². The Hall–Kier alpha value is -1.65. The summed E-state index contributed by atoms with van der Waals surface area (Å²) in [6, 6.07) is 11.0. The predicted molar refractivity (Wildman–Crippen MR) is 99.1 cm³/mol. The van der Waals surface area contributed by atoms with Crippen molar-refractivity contribution in [1.29, 1.82) is 0 Å². The van der Waals surface area contributed by atoms with E-state index in [4.69, 9.17) is 0 Å². The number of benzene rings is 1. The zero-order valence-corrected chi connectivity index (χ0v) is 15.5. The smallest absolute Gasteiger partial charge is 0.0537 e. The van der Waals surface area contributed by atoms with E-state index in [-0.39, 0.29) is 24.0 Å². The molecule has 2 rings (SSSR count). The molecule has 1 aromatic carbocycles. The normalized spacial score (nSPS) is 14.8. The number of hydrogen-bond donors (Lipinski definition) is 2. The molecule has 4 nitrogen and oxygen atoms in total. The Bertz CT molecular complexity index is 619. The van der Waals surface area contributed by atoms with E-state index in [1.807, 2.05) is 16.9 Å². The van der Waals surface area contributed by atoms with E-state index in [0.29, 0.717) is 6.04 Å². The molecule has 1 aromatic heterocycles. The molecule has 0 bridgehead atoms. The minimum Gasteiger partial charge on any atom is -0.396 e. The van der Waals surface area contributed by atoms with Gasteiger partial charge in [-0.15, -0.1) is 0 Å². The second-order valence-corrected chi connectivity index (χ2v) is 7.59. The number of nitrogens with one attached hydrogen (secondary N) is 1. The van der Waals surface area contributed by atoms with Crippen molar-refractivity contribution in [2.24, 2.45) is 5.41 Å². The van der Waals surface area contributed by atoms with E-state index in [1.165, 1.54) is 11.1 Å². The molecule has 4 heteroatoms. The van der Waals surface area contributed by atoms with Crippen molar-refractivity contribution >= 4 is 0 Å². The fraction of sp³-hybridized carbons (Fsp3) is 0.550. The first-order chi connectivity index (χ1) is 11.3. The predicted octanol–water partition coefficient (Wildman–Crippen LogP) is 3.92. The van der Waals surface area contributed by atoms with Crippen molar-refractivity contribution in [2.45, 2.75) is 52.6 Å². The number of hydrogen-bond acceptors (Lipinski definition) is 3. The van der Waals surface area contributed by atoms with Gasteiger partial charge in [-0.1, -0.05) is 44.2 Å². The Morgan fingerprint density at radius 1 is 1.12 bits per heavy atom. The van der Waals surface area contributed by atoms with Gasteiger partial charge in [0.25, 0.3) is 0 Å². The second kappa shape index (κ2) is 7.95. The zero-order valence-electron chi connectivity index (χ0n) is 15.5. The van der Waals surface area contributed by atoms with E-state index in [1.54, 1.807) is 0 Å². The summed E-state index contributed by atoms with van der Waals surface area (Å²) < 4.78 is 1.99. The highest BCUT2D eigenvalue weighted by atomic mass is 16.3. The molecule has 132 valence electrons. The van der Waals surface area contributed by atoms with Gasteiger partial charge in [-0.2, -0.15) is 5.10 Å².